The average molecular weight is 305 g/mol. The van der Waals surface area contributed by atoms with Crippen LogP contribution in [0.15, 0.2) is 53.1 Å². The van der Waals surface area contributed by atoms with Crippen LogP contribution in [0.25, 0.3) is 10.9 Å². The third-order valence-electron chi connectivity index (χ3n) is 2.81. The van der Waals surface area contributed by atoms with Crippen LogP contribution in [0.2, 0.25) is 0 Å². The second kappa shape index (κ2) is 4.53. The largest absolute Gasteiger partial charge is 0.260 e. The van der Waals surface area contributed by atoms with E-state index in [2.05, 4.69) is 21.0 Å². The van der Waals surface area contributed by atoms with Gasteiger partial charge in [-0.1, -0.05) is 34.1 Å². The molecular weight excluding hydrogens is 295 g/mol. The van der Waals surface area contributed by atoms with Crippen molar-refractivity contribution in [1.29, 1.82) is 0 Å². The Labute approximate surface area is 112 Å². The Balaban J connectivity index is 2.01. The monoisotopic (exact) mass is 304 g/mol. The second-order valence-corrected chi connectivity index (χ2v) is 5.05. The maximum absolute atomic E-state index is 13.3. The average Bonchev–Trinajstić information content (AvgIpc) is 2.72. The minimum absolute atomic E-state index is 0.240. The third kappa shape index (κ3) is 2.16. The fraction of sp³-hybridized carbons (Fsp3) is 0.0714. The molecule has 0 saturated heterocycles. The highest BCUT2D eigenvalue weighted by molar-refractivity contribution is 9.10. The normalized spacial score (nSPS) is 11.0. The molecule has 90 valence electrons. The van der Waals surface area contributed by atoms with E-state index in [1.54, 1.807) is 0 Å². The summed E-state index contributed by atoms with van der Waals surface area (Å²) in [6.45, 7) is 0.559. The molecule has 2 nitrogen and oxygen atoms in total. The summed E-state index contributed by atoms with van der Waals surface area (Å²) in [5.41, 5.74) is 1.94. The van der Waals surface area contributed by atoms with E-state index in [1.165, 1.54) is 12.1 Å². The second-order valence-electron chi connectivity index (χ2n) is 4.14. The number of hydrogen-bond acceptors (Lipinski definition) is 1. The molecule has 18 heavy (non-hydrogen) atoms. The molecule has 0 aliphatic carbocycles. The molecule has 4 heteroatoms. The molecule has 1 aromatic heterocycles. The number of para-hydroxylation sites is 1. The smallest absolute Gasteiger partial charge is 0.124 e. The highest BCUT2D eigenvalue weighted by atomic mass is 79.9. The van der Waals surface area contributed by atoms with E-state index in [1.807, 2.05) is 41.2 Å². The van der Waals surface area contributed by atoms with Crippen LogP contribution in [-0.4, -0.2) is 9.78 Å². The predicted molar refractivity (Wildman–Crippen MR) is 72.9 cm³/mol. The standard InChI is InChI=1S/C14H10BrFN2/c15-12-5-10(6-13(16)7-12)9-18-14-4-2-1-3-11(14)8-17-18/h1-8H,9H2. The molecule has 0 atom stereocenters. The molecule has 0 saturated carbocycles. The van der Waals surface area contributed by atoms with Crippen molar-refractivity contribution in [1.82, 2.24) is 9.78 Å². The Kier molecular flexibility index (Phi) is 2.88. The van der Waals surface area contributed by atoms with Gasteiger partial charge in [0.15, 0.2) is 0 Å². The fourth-order valence-electron chi connectivity index (χ4n) is 2.03. The first-order chi connectivity index (χ1) is 8.72. The van der Waals surface area contributed by atoms with Crippen molar-refractivity contribution in [3.63, 3.8) is 0 Å². The van der Waals surface area contributed by atoms with Gasteiger partial charge in [0, 0.05) is 9.86 Å². The van der Waals surface area contributed by atoms with Gasteiger partial charge in [0.1, 0.15) is 5.82 Å². The van der Waals surface area contributed by atoms with E-state index in [0.717, 1.165) is 20.9 Å². The van der Waals surface area contributed by atoms with Gasteiger partial charge >= 0.3 is 0 Å². The zero-order chi connectivity index (χ0) is 12.5. The predicted octanol–water partition coefficient (Wildman–Crippen LogP) is 3.99. The summed E-state index contributed by atoms with van der Waals surface area (Å²) in [4.78, 5) is 0. The van der Waals surface area contributed by atoms with Gasteiger partial charge in [-0.15, -0.1) is 0 Å². The summed E-state index contributed by atoms with van der Waals surface area (Å²) in [5, 5.41) is 5.42. The number of nitrogens with zero attached hydrogens (tertiary/aromatic N) is 2. The quantitative estimate of drug-likeness (QED) is 0.700. The van der Waals surface area contributed by atoms with E-state index in [-0.39, 0.29) is 5.82 Å². The molecule has 0 aliphatic heterocycles. The SMILES string of the molecule is Fc1cc(Br)cc(Cn2ncc3ccccc32)c1. The molecule has 0 aliphatic rings. The van der Waals surface area contributed by atoms with Gasteiger partial charge in [0.2, 0.25) is 0 Å². The maximum atomic E-state index is 13.3. The number of benzene rings is 2. The number of fused-ring (bicyclic) bond motifs is 1. The van der Waals surface area contributed by atoms with Crippen molar-refractivity contribution in [2.75, 3.05) is 0 Å². The number of halogens is 2. The Morgan fingerprint density at radius 1 is 1.17 bits per heavy atom. The van der Waals surface area contributed by atoms with Gasteiger partial charge in [-0.05, 0) is 29.8 Å². The summed E-state index contributed by atoms with van der Waals surface area (Å²) in [6, 6.07) is 12.9. The van der Waals surface area contributed by atoms with Crippen LogP contribution in [0.4, 0.5) is 4.39 Å². The van der Waals surface area contributed by atoms with E-state index in [0.29, 0.717) is 6.54 Å². The summed E-state index contributed by atoms with van der Waals surface area (Å²) < 4.78 is 15.9. The van der Waals surface area contributed by atoms with Crippen LogP contribution in [-0.2, 0) is 6.54 Å². The van der Waals surface area contributed by atoms with Gasteiger partial charge in [0.25, 0.3) is 0 Å². The highest BCUT2D eigenvalue weighted by Crippen LogP contribution is 2.18. The Morgan fingerprint density at radius 2 is 2.00 bits per heavy atom. The first-order valence-corrected chi connectivity index (χ1v) is 6.37. The molecule has 0 fully saturated rings. The zero-order valence-corrected chi connectivity index (χ0v) is 11.1. The van der Waals surface area contributed by atoms with Crippen molar-refractivity contribution >= 4 is 26.8 Å². The van der Waals surface area contributed by atoms with Crippen LogP contribution in [0.5, 0.6) is 0 Å². The molecule has 0 bridgehead atoms. The van der Waals surface area contributed by atoms with Gasteiger partial charge in [-0.25, -0.2) is 4.39 Å². The van der Waals surface area contributed by atoms with Crippen LogP contribution < -0.4 is 0 Å². The molecule has 1 heterocycles. The van der Waals surface area contributed by atoms with Crippen molar-refractivity contribution < 1.29 is 4.39 Å². The molecule has 0 N–H and O–H groups in total. The van der Waals surface area contributed by atoms with Gasteiger partial charge in [-0.2, -0.15) is 5.10 Å². The third-order valence-corrected chi connectivity index (χ3v) is 3.26. The summed E-state index contributed by atoms with van der Waals surface area (Å²) in [6.07, 6.45) is 1.82. The van der Waals surface area contributed by atoms with Crippen LogP contribution in [0.1, 0.15) is 5.56 Å². The van der Waals surface area contributed by atoms with Crippen molar-refractivity contribution in [2.24, 2.45) is 0 Å². The molecule has 3 aromatic rings. The Bertz CT molecular complexity index is 686. The topological polar surface area (TPSA) is 17.8 Å². The van der Waals surface area contributed by atoms with Crippen LogP contribution >= 0.6 is 15.9 Å². The summed E-state index contributed by atoms with van der Waals surface area (Å²) in [7, 11) is 0. The van der Waals surface area contributed by atoms with Crippen LogP contribution in [0.3, 0.4) is 0 Å². The van der Waals surface area contributed by atoms with E-state index < -0.39 is 0 Å². The number of rotatable bonds is 2. The van der Waals surface area contributed by atoms with Crippen molar-refractivity contribution in [2.45, 2.75) is 6.54 Å². The van der Waals surface area contributed by atoms with E-state index in [9.17, 15) is 4.39 Å². The van der Waals surface area contributed by atoms with Crippen LogP contribution in [0, 0.1) is 5.82 Å². The van der Waals surface area contributed by atoms with Crippen molar-refractivity contribution in [3.05, 3.63) is 64.5 Å². The van der Waals surface area contributed by atoms with Crippen molar-refractivity contribution in [3.8, 4) is 0 Å². The van der Waals surface area contributed by atoms with Gasteiger partial charge in [0.05, 0.1) is 18.3 Å². The van der Waals surface area contributed by atoms with Gasteiger partial charge < -0.3 is 0 Å². The zero-order valence-electron chi connectivity index (χ0n) is 9.48. The Hall–Kier alpha value is -1.68. The first kappa shape index (κ1) is 11.4. The maximum Gasteiger partial charge on any atom is 0.124 e. The Morgan fingerprint density at radius 3 is 2.83 bits per heavy atom. The molecule has 0 amide bonds. The summed E-state index contributed by atoms with van der Waals surface area (Å²) >= 11 is 3.30. The molecule has 3 rings (SSSR count). The lowest BCUT2D eigenvalue weighted by molar-refractivity contribution is 0.620. The number of aromatic nitrogens is 2. The minimum Gasteiger partial charge on any atom is -0.260 e. The first-order valence-electron chi connectivity index (χ1n) is 5.58. The molecule has 0 spiro atoms. The molecule has 0 radical (unpaired) electrons. The lowest BCUT2D eigenvalue weighted by Gasteiger charge is -2.05. The summed E-state index contributed by atoms with van der Waals surface area (Å²) in [5.74, 6) is -0.240. The molecule has 0 unspecified atom stereocenters. The lowest BCUT2D eigenvalue weighted by atomic mass is 10.2. The van der Waals surface area contributed by atoms with E-state index in [4.69, 9.17) is 0 Å². The number of hydrogen-bond donors (Lipinski definition) is 0. The minimum atomic E-state index is -0.240. The molecule has 2 aromatic carbocycles. The van der Waals surface area contributed by atoms with E-state index >= 15 is 0 Å². The molecular formula is C14H10BrFN2. The van der Waals surface area contributed by atoms with Gasteiger partial charge in [-0.3, -0.25) is 4.68 Å². The lowest BCUT2D eigenvalue weighted by Crippen LogP contribution is -2.01. The fourth-order valence-corrected chi connectivity index (χ4v) is 2.54. The highest BCUT2D eigenvalue weighted by Gasteiger charge is 2.04.